The van der Waals surface area contributed by atoms with Crippen LogP contribution in [0.4, 0.5) is 4.39 Å². The first kappa shape index (κ1) is 14.4. The number of halogens is 1. The van der Waals surface area contributed by atoms with Gasteiger partial charge >= 0.3 is 0 Å². The van der Waals surface area contributed by atoms with Crippen LogP contribution in [0, 0.1) is 5.82 Å². The second kappa shape index (κ2) is 5.19. The van der Waals surface area contributed by atoms with Gasteiger partial charge in [-0.05, 0) is 18.2 Å². The van der Waals surface area contributed by atoms with Crippen LogP contribution in [0.1, 0.15) is 0 Å². The number of benzene rings is 1. The van der Waals surface area contributed by atoms with E-state index in [0.29, 0.717) is 16.8 Å². The van der Waals surface area contributed by atoms with Crippen molar-refractivity contribution in [2.45, 2.75) is 0 Å². The van der Waals surface area contributed by atoms with Crippen molar-refractivity contribution in [3.63, 3.8) is 0 Å². The lowest BCUT2D eigenvalue weighted by molar-refractivity contribution is 0.414. The number of pyridine rings is 1. The van der Waals surface area contributed by atoms with Gasteiger partial charge in [0.2, 0.25) is 0 Å². The van der Waals surface area contributed by atoms with Gasteiger partial charge in [0.25, 0.3) is 5.56 Å². The number of aryl methyl sites for hydroxylation is 1. The largest absolute Gasteiger partial charge is 0.496 e. The Morgan fingerprint density at radius 3 is 2.67 bits per heavy atom. The molecular weight excluding hydrogens is 309 g/mol. The predicted octanol–water partition coefficient (Wildman–Crippen LogP) is 3.00. The molecule has 0 fully saturated rings. The molecule has 0 N–H and O–H groups in total. The molecule has 5 nitrogen and oxygen atoms in total. The molecule has 0 saturated heterocycles. The summed E-state index contributed by atoms with van der Waals surface area (Å²) in [4.78, 5) is 15.9. The molecule has 0 radical (unpaired) electrons. The molecule has 0 aliphatic heterocycles. The third-order valence-electron chi connectivity index (χ3n) is 4.21. The van der Waals surface area contributed by atoms with Gasteiger partial charge in [0.1, 0.15) is 17.0 Å². The van der Waals surface area contributed by atoms with E-state index in [4.69, 9.17) is 4.74 Å². The zero-order valence-electron chi connectivity index (χ0n) is 13.2. The summed E-state index contributed by atoms with van der Waals surface area (Å²) in [5.41, 5.74) is 1.60. The molecular formula is C18H14FN3O2. The van der Waals surface area contributed by atoms with Gasteiger partial charge in [0.05, 0.1) is 30.0 Å². The van der Waals surface area contributed by atoms with Gasteiger partial charge < -0.3 is 13.7 Å². The fourth-order valence-electron chi connectivity index (χ4n) is 3.05. The number of hydrogen-bond acceptors (Lipinski definition) is 3. The summed E-state index contributed by atoms with van der Waals surface area (Å²) in [5, 5.41) is -0.0376. The van der Waals surface area contributed by atoms with E-state index in [1.807, 2.05) is 41.1 Å². The van der Waals surface area contributed by atoms with Crippen LogP contribution in [0.15, 0.2) is 53.8 Å². The van der Waals surface area contributed by atoms with E-state index < -0.39 is 11.4 Å². The standard InChI is InChI=1S/C18H14FN3O2/c1-21-10-20-18(23)16-13(21)9-14(24-2)15(17(16)19)11-5-3-7-22-8-4-6-12(11)22/h3-10H,1-2H3. The van der Waals surface area contributed by atoms with Crippen molar-refractivity contribution < 1.29 is 9.13 Å². The second-order valence-electron chi connectivity index (χ2n) is 5.55. The zero-order chi connectivity index (χ0) is 16.8. The molecule has 3 aromatic heterocycles. The summed E-state index contributed by atoms with van der Waals surface area (Å²) >= 11 is 0. The Morgan fingerprint density at radius 1 is 1.17 bits per heavy atom. The van der Waals surface area contributed by atoms with Gasteiger partial charge in [-0.15, -0.1) is 0 Å². The van der Waals surface area contributed by atoms with E-state index in [0.717, 1.165) is 5.52 Å². The van der Waals surface area contributed by atoms with Gasteiger partial charge in [-0.1, -0.05) is 6.07 Å². The monoisotopic (exact) mass is 323 g/mol. The number of rotatable bonds is 2. The minimum atomic E-state index is -0.618. The molecule has 3 heterocycles. The number of nitrogens with zero attached hydrogens (tertiary/aromatic N) is 3. The fraction of sp³-hybridized carbons (Fsp3) is 0.111. The van der Waals surface area contributed by atoms with Crippen LogP contribution in [0.2, 0.25) is 0 Å². The number of hydrogen-bond donors (Lipinski definition) is 0. The van der Waals surface area contributed by atoms with Crippen molar-refractivity contribution in [2.75, 3.05) is 7.11 Å². The summed E-state index contributed by atoms with van der Waals surface area (Å²) < 4.78 is 24.2. The Hall–Kier alpha value is -3.15. The van der Waals surface area contributed by atoms with Gasteiger partial charge in [-0.2, -0.15) is 4.98 Å². The molecule has 6 heteroatoms. The van der Waals surface area contributed by atoms with E-state index in [2.05, 4.69) is 4.98 Å². The topological polar surface area (TPSA) is 48.5 Å². The average Bonchev–Trinajstić information content (AvgIpc) is 3.06. The summed E-state index contributed by atoms with van der Waals surface area (Å²) in [6.07, 6.45) is 5.13. The normalized spacial score (nSPS) is 11.3. The van der Waals surface area contributed by atoms with Gasteiger partial charge in [0.15, 0.2) is 0 Å². The molecule has 0 atom stereocenters. The summed E-state index contributed by atoms with van der Waals surface area (Å²) in [6, 6.07) is 9.07. The van der Waals surface area contributed by atoms with Crippen LogP contribution in [-0.2, 0) is 7.05 Å². The van der Waals surface area contributed by atoms with Crippen molar-refractivity contribution in [2.24, 2.45) is 7.05 Å². The molecule has 120 valence electrons. The molecule has 0 bridgehead atoms. The van der Waals surface area contributed by atoms with Crippen LogP contribution in [0.25, 0.3) is 27.5 Å². The van der Waals surface area contributed by atoms with Crippen LogP contribution in [-0.4, -0.2) is 21.1 Å². The zero-order valence-corrected chi connectivity index (χ0v) is 13.2. The molecule has 0 aliphatic carbocycles. The van der Waals surface area contributed by atoms with Gasteiger partial charge in [-0.3, -0.25) is 4.79 Å². The number of aromatic nitrogens is 3. The Kier molecular flexibility index (Phi) is 3.13. The molecule has 0 amide bonds. The van der Waals surface area contributed by atoms with E-state index >= 15 is 4.39 Å². The Morgan fingerprint density at radius 2 is 1.92 bits per heavy atom. The van der Waals surface area contributed by atoms with Crippen LogP contribution in [0.5, 0.6) is 5.75 Å². The minimum absolute atomic E-state index is 0.0376. The first-order valence-electron chi connectivity index (χ1n) is 7.39. The van der Waals surface area contributed by atoms with Crippen LogP contribution in [0.3, 0.4) is 0 Å². The lowest BCUT2D eigenvalue weighted by atomic mass is 10.0. The first-order chi connectivity index (χ1) is 11.6. The van der Waals surface area contributed by atoms with Crippen molar-refractivity contribution in [3.8, 4) is 16.9 Å². The molecule has 4 aromatic rings. The molecule has 1 aromatic carbocycles. The molecule has 0 spiro atoms. The third kappa shape index (κ3) is 1.93. The summed E-state index contributed by atoms with van der Waals surface area (Å²) in [6.45, 7) is 0. The lowest BCUT2D eigenvalue weighted by Crippen LogP contribution is -2.13. The second-order valence-corrected chi connectivity index (χ2v) is 5.55. The summed E-state index contributed by atoms with van der Waals surface area (Å²) in [7, 11) is 3.20. The minimum Gasteiger partial charge on any atom is -0.496 e. The van der Waals surface area contributed by atoms with Gasteiger partial charge in [-0.25, -0.2) is 4.39 Å². The van der Waals surface area contributed by atoms with Crippen molar-refractivity contribution in [3.05, 3.63) is 65.2 Å². The fourth-order valence-corrected chi connectivity index (χ4v) is 3.05. The number of fused-ring (bicyclic) bond motifs is 2. The van der Waals surface area contributed by atoms with Crippen LogP contribution >= 0.6 is 0 Å². The van der Waals surface area contributed by atoms with E-state index in [1.165, 1.54) is 13.4 Å². The molecule has 4 rings (SSSR count). The highest BCUT2D eigenvalue weighted by Gasteiger charge is 2.21. The van der Waals surface area contributed by atoms with Crippen LogP contribution < -0.4 is 10.3 Å². The molecule has 0 saturated carbocycles. The van der Waals surface area contributed by atoms with Gasteiger partial charge in [0, 0.05) is 31.1 Å². The lowest BCUT2D eigenvalue weighted by Gasteiger charge is -2.14. The molecule has 0 aliphatic rings. The van der Waals surface area contributed by atoms with Crippen molar-refractivity contribution in [1.82, 2.24) is 14.0 Å². The van der Waals surface area contributed by atoms with Crippen molar-refractivity contribution in [1.29, 1.82) is 0 Å². The maximum atomic E-state index is 15.3. The molecule has 0 unspecified atom stereocenters. The Balaban J connectivity index is 2.20. The quantitative estimate of drug-likeness (QED) is 0.570. The maximum absolute atomic E-state index is 15.3. The first-order valence-corrected chi connectivity index (χ1v) is 7.39. The predicted molar refractivity (Wildman–Crippen MR) is 89.9 cm³/mol. The Labute approximate surface area is 136 Å². The highest BCUT2D eigenvalue weighted by atomic mass is 19.1. The summed E-state index contributed by atoms with van der Waals surface area (Å²) in [5.74, 6) is -0.247. The maximum Gasteiger partial charge on any atom is 0.283 e. The average molecular weight is 323 g/mol. The van der Waals surface area contributed by atoms with E-state index in [1.54, 1.807) is 17.7 Å². The molecule has 24 heavy (non-hydrogen) atoms. The SMILES string of the molecule is COc1cc2c(c(F)c1-c1cccn3cccc13)c(=O)ncn2C. The smallest absolute Gasteiger partial charge is 0.283 e. The number of methoxy groups -OCH3 is 1. The number of ether oxygens (including phenoxy) is 1. The highest BCUT2D eigenvalue weighted by Crippen LogP contribution is 2.38. The van der Waals surface area contributed by atoms with Crippen molar-refractivity contribution >= 4 is 16.4 Å². The third-order valence-corrected chi connectivity index (χ3v) is 4.21. The van der Waals surface area contributed by atoms with E-state index in [-0.39, 0.29) is 10.9 Å². The van der Waals surface area contributed by atoms with E-state index in [9.17, 15) is 4.79 Å². The Bertz CT molecular complexity index is 1140. The highest BCUT2D eigenvalue weighted by molar-refractivity contribution is 5.93.